The molecule has 3 radical (unpaired) electrons. The highest BCUT2D eigenvalue weighted by Crippen LogP contribution is 2.57. The van der Waals surface area contributed by atoms with E-state index in [2.05, 4.69) is 144 Å². The Balaban J connectivity index is 0. The number of Topliss-reactive ketones (excluding diaryl/α,β-unsaturated/α-hetero) is 3. The number of aliphatic hydroxyl groups excluding tert-OH is 3. The average Bonchev–Trinajstić information content (AvgIpc) is 1.65. The third kappa shape index (κ3) is 57.8. The monoisotopic (exact) mass is 2230 g/mol. The molecule has 3 N–H and O–H groups in total. The van der Waals surface area contributed by atoms with Crippen LogP contribution < -0.4 is 0 Å². The second kappa shape index (κ2) is 76.3. The van der Waals surface area contributed by atoms with Crippen molar-refractivity contribution >= 4 is 163 Å². The summed E-state index contributed by atoms with van der Waals surface area (Å²) in [5, 5.41) is 45.6. The third-order valence-corrected chi connectivity index (χ3v) is 48.1. The van der Waals surface area contributed by atoms with E-state index in [1.165, 1.54) is 0 Å². The third-order valence-electron chi connectivity index (χ3n) is 26.4. The van der Waals surface area contributed by atoms with Gasteiger partial charge >= 0.3 is 17.1 Å². The van der Waals surface area contributed by atoms with E-state index in [4.69, 9.17) is 83.3 Å². The first-order valence-corrected chi connectivity index (χ1v) is 66.2. The van der Waals surface area contributed by atoms with Crippen LogP contribution in [0.25, 0.3) is 0 Å². The fourth-order valence-corrected chi connectivity index (χ4v) is 33.1. The van der Waals surface area contributed by atoms with E-state index in [0.717, 1.165) is 57.8 Å². The molecule has 3 aliphatic rings. The Bertz CT molecular complexity index is 3800. The quantitative estimate of drug-likeness (QED) is 0.0220. The maximum absolute atomic E-state index is 13.5. The molecule has 45 heteroatoms. The fourth-order valence-electron chi connectivity index (χ4n) is 16.9. The van der Waals surface area contributed by atoms with Gasteiger partial charge in [0.05, 0.1) is 93.9 Å². The van der Waals surface area contributed by atoms with Crippen molar-refractivity contribution in [3.63, 3.8) is 0 Å². The predicted octanol–water partition coefficient (Wildman–Crippen LogP) is 18.1. The van der Waals surface area contributed by atoms with Gasteiger partial charge < -0.3 is 104 Å². The normalized spacial score (nSPS) is 19.1. The number of ketones is 3. The lowest BCUT2D eigenvalue weighted by Gasteiger charge is -2.42. The first-order valence-electron chi connectivity index (χ1n) is 52.8. The lowest BCUT2D eigenvalue weighted by atomic mass is 9.94. The number of amides is 6. The lowest BCUT2D eigenvalue weighted by Crippen LogP contribution is -2.53. The molecule has 0 aromatic heterocycles. The topological polar surface area (TPSA) is 394 Å². The van der Waals surface area contributed by atoms with Crippen LogP contribution in [-0.4, -0.2) is 353 Å². The Hall–Kier alpha value is -2.37. The van der Waals surface area contributed by atoms with E-state index in [0.29, 0.717) is 130 Å². The van der Waals surface area contributed by atoms with Gasteiger partial charge in [-0.25, -0.2) is 4.67 Å². The number of nitriles is 2. The molecule has 0 aliphatic carbocycles. The summed E-state index contributed by atoms with van der Waals surface area (Å²) in [5.41, 5.74) is 0.567. The van der Waals surface area contributed by atoms with E-state index < -0.39 is 63.7 Å². The van der Waals surface area contributed by atoms with E-state index >= 15 is 0 Å². The van der Waals surface area contributed by atoms with Crippen molar-refractivity contribution in [3.05, 3.63) is 0 Å². The number of likely N-dealkylation sites (N-methyl/N-ethyl adjacent to an activating group) is 6. The van der Waals surface area contributed by atoms with E-state index in [-0.39, 0.29) is 197 Å². The van der Waals surface area contributed by atoms with Crippen molar-refractivity contribution in [3.8, 4) is 12.1 Å². The first-order chi connectivity index (χ1) is 67.4. The fraction of sp³-hybridized carbons (Fsp3) is 0.890. The summed E-state index contributed by atoms with van der Waals surface area (Å²) in [5.74, 6) is 0.884. The van der Waals surface area contributed by atoms with Crippen molar-refractivity contribution in [2.24, 2.45) is 11.8 Å². The van der Waals surface area contributed by atoms with E-state index in [1.54, 1.807) is 104 Å². The van der Waals surface area contributed by atoms with Gasteiger partial charge in [0.25, 0.3) is 7.63 Å². The van der Waals surface area contributed by atoms with Gasteiger partial charge in [0.15, 0.2) is 29.4 Å². The van der Waals surface area contributed by atoms with Crippen LogP contribution in [0.2, 0.25) is 33.2 Å². The highest BCUT2D eigenvalue weighted by molar-refractivity contribution is 7.87. The molecule has 0 bridgehead atoms. The van der Waals surface area contributed by atoms with Gasteiger partial charge in [-0.3, -0.25) is 33.3 Å². The Morgan fingerprint density at radius 3 is 1.08 bits per heavy atom. The van der Waals surface area contributed by atoms with Gasteiger partial charge in [0, 0.05) is 176 Å². The van der Waals surface area contributed by atoms with E-state index in [1.807, 2.05) is 68.3 Å². The van der Waals surface area contributed by atoms with Crippen LogP contribution in [0, 0.1) is 34.5 Å². The number of nitrogens with zero attached hydrogens (tertiary/aromatic N) is 9. The number of carbonyl (C=O) groups is 9. The van der Waals surface area contributed by atoms with Crippen LogP contribution in [-0.2, 0) is 93.1 Å². The summed E-state index contributed by atoms with van der Waals surface area (Å²) in [4.78, 5) is 120. The molecule has 3 heterocycles. The maximum Gasteiger partial charge on any atom is 0.343 e. The molecular formula is C100H196B3Cl2N9O23P5Si3. The zero-order valence-electron chi connectivity index (χ0n) is 95.0. The van der Waals surface area contributed by atoms with Gasteiger partial charge in [-0.05, 0) is 183 Å². The van der Waals surface area contributed by atoms with Crippen molar-refractivity contribution < 1.29 is 108 Å². The maximum atomic E-state index is 13.5. The summed E-state index contributed by atoms with van der Waals surface area (Å²) in [7, 11) is 8.90. The molecule has 3 saturated heterocycles. The van der Waals surface area contributed by atoms with Gasteiger partial charge in [-0.2, -0.15) is 37.9 Å². The number of rotatable bonds is 68. The van der Waals surface area contributed by atoms with Gasteiger partial charge in [-0.15, -0.1) is 11.1 Å². The van der Waals surface area contributed by atoms with Crippen LogP contribution in [0.1, 0.15) is 327 Å². The number of unbranched alkanes of at least 4 members (excludes halogenated alkanes) is 6. The van der Waals surface area contributed by atoms with Crippen LogP contribution in [0.15, 0.2) is 0 Å². The molecular weight excluding hydrogens is 2040 g/mol. The van der Waals surface area contributed by atoms with Gasteiger partial charge in [0.2, 0.25) is 42.1 Å². The number of halogens is 2. The largest absolute Gasteiger partial charge is 0.397 e. The van der Waals surface area contributed by atoms with Crippen molar-refractivity contribution in [2.75, 3.05) is 121 Å². The van der Waals surface area contributed by atoms with Crippen molar-refractivity contribution in [1.82, 2.24) is 34.1 Å². The van der Waals surface area contributed by atoms with Crippen molar-refractivity contribution in [1.29, 1.82) is 10.5 Å². The summed E-state index contributed by atoms with van der Waals surface area (Å²) in [6.07, 6.45) is 11.5. The van der Waals surface area contributed by atoms with Crippen molar-refractivity contribution in [2.45, 2.75) is 445 Å². The second-order valence-electron chi connectivity index (χ2n) is 42.8. The Labute approximate surface area is 900 Å². The van der Waals surface area contributed by atoms with Gasteiger partial charge in [0.1, 0.15) is 35.7 Å². The highest BCUT2D eigenvalue weighted by atomic mass is 35.7. The minimum absolute atomic E-state index is 0.0165. The predicted molar refractivity (Wildman–Crippen MR) is 606 cm³/mol. The zero-order valence-corrected chi connectivity index (χ0v) is 105. The average molecular weight is 2240 g/mol. The number of carbonyl (C=O) groups excluding carboxylic acids is 9. The number of aliphatic hydroxyl groups is 3. The lowest BCUT2D eigenvalue weighted by molar-refractivity contribution is -0.135. The minimum atomic E-state index is -2.90. The van der Waals surface area contributed by atoms with E-state index in [9.17, 15) is 57.9 Å². The molecule has 839 valence electrons. The minimum Gasteiger partial charge on any atom is -0.397 e. The molecule has 3 aliphatic heterocycles. The molecule has 145 heavy (non-hydrogen) atoms. The molecule has 32 nitrogen and oxygen atoms in total. The molecule has 10 unspecified atom stereocenters. The number of hydrogen-bond donors (Lipinski definition) is 3. The summed E-state index contributed by atoms with van der Waals surface area (Å²) >= 11 is 12.9. The second-order valence-corrected chi connectivity index (χ2v) is 63.3. The SMILES string of the molecule is CC(=O)CCCCCC(=O)N(C)CCN(C)C(=O)CC(O[Si](OC[C@H]1O[C@@H]([B]P)CC1O)(C(C)C)C(C)C)C(C)C.CC(=O)CCCCCC(=O)N(C)CCN(C)C(=O)CC(O[Si](OC[C@H]1O[C@@H]([B]P)CC1OP(C)OCCC#N)(C(C)C)C(C)C)C(C)C.CC(=O)CCCCCC(=O)N(C)CCN(C)C(=O)CCC(C)(C)O[Si](Cl)(C(C)C)C(C)C.CC(C)N(C(C)C)P(=O)(Cl)CCC#N.OC[C@H]1O[C@@H]([B]P)CC1O. The summed E-state index contributed by atoms with van der Waals surface area (Å²) < 4.78 is 77.1. The summed E-state index contributed by atoms with van der Waals surface area (Å²) in [6, 6.07) is 4.12. The Morgan fingerprint density at radius 1 is 0.476 bits per heavy atom. The molecule has 3 rings (SSSR count). The van der Waals surface area contributed by atoms with Crippen LogP contribution >= 0.6 is 64.7 Å². The smallest absolute Gasteiger partial charge is 0.343 e. The number of ether oxygens (including phenoxy) is 3. The molecule has 6 amide bonds. The van der Waals surface area contributed by atoms with Crippen LogP contribution in [0.4, 0.5) is 0 Å². The summed E-state index contributed by atoms with van der Waals surface area (Å²) in [6.45, 7) is 58.5. The molecule has 0 aromatic rings. The molecule has 3 fully saturated rings. The number of hydrogen-bond acceptors (Lipinski definition) is 25. The molecule has 16 atom stereocenters. The Kier molecular flexibility index (Phi) is 76.1. The standard InChI is InChI=1S/C33H63BN3O8P2Si.C29H57BN2O7PSi.C24H47ClN2O4Si.C9H18ClN2OP.C5H11BO3P/c1-24(2)28(22-33(40)37(9)19-18-36(8)32(39)16-13-11-12-15-27(7)38)45-48(25(3)4,26(5)6)42-23-30-29(21-31(34-46)43-30)44-47(10)41-20-14-17-35;1-20(2)25(18-29(36)32(9)16-15-31(8)28(35)14-12-10-11-13-23(7)33)39-41(21(3)4,22(5)6)37-19-26-24(34)17-27(30-40)38-26;1-19(2)32(25,20(3)4)31-24(6,7)16-15-23(30)27(9)18-17-26(8)22(29)14-12-10-11-13-21(5)28;1-8(2)12(9(3)4)14(10,13)7-5-6-11;7-2-4-3(8)1-5(6-10)9-4/h24-26,28-31H,11-16,18-23,46H2,1-10H3;20-22,24-27,34H,10-19,40H2,1-9H3;19-20H,10-18H2,1-9H3;8-9H,5,7H2,1-4H3;3-5,7-8H,1-2,10H2/t28?,29?,30-,31-,47?;24?,25?,26-,27-;;;3?,4-,5-/m11..1/s1. The van der Waals surface area contributed by atoms with Gasteiger partial charge in [-0.1, -0.05) is 130 Å². The van der Waals surface area contributed by atoms with Crippen LogP contribution in [0.3, 0.4) is 0 Å². The Morgan fingerprint density at radius 2 is 0.786 bits per heavy atom. The zero-order chi connectivity index (χ0) is 112. The molecule has 0 aromatic carbocycles. The molecule has 0 saturated carbocycles. The van der Waals surface area contributed by atoms with Crippen LogP contribution in [0.5, 0.6) is 0 Å². The molecule has 0 spiro atoms. The highest BCUT2D eigenvalue weighted by Gasteiger charge is 2.52. The first kappa shape index (κ1) is 145.